The van der Waals surface area contributed by atoms with Gasteiger partial charge in [-0.2, -0.15) is 0 Å². The van der Waals surface area contributed by atoms with Crippen molar-refractivity contribution in [3.05, 3.63) is 35.4 Å². The fraction of sp³-hybridized carbons (Fsp3) is 0.636. The minimum atomic E-state index is -0.109. The summed E-state index contributed by atoms with van der Waals surface area (Å²) in [6, 6.07) is 8.95. The zero-order chi connectivity index (χ0) is 19.3. The molecule has 2 heterocycles. The van der Waals surface area contributed by atoms with E-state index in [1.54, 1.807) is 0 Å². The Kier molecular flexibility index (Phi) is 6.15. The number of carbonyl (C=O) groups is 2. The van der Waals surface area contributed by atoms with Crippen molar-refractivity contribution in [1.29, 1.82) is 0 Å². The predicted octanol–water partition coefficient (Wildman–Crippen LogP) is 2.35. The van der Waals surface area contributed by atoms with Crippen molar-refractivity contribution in [3.8, 4) is 0 Å². The second-order valence-corrected chi connectivity index (χ2v) is 8.42. The SMILES string of the molecule is O=C(NCC1NCCc2ccccc21)C1CCCN(C(=O)NC2CCCC2)C1. The van der Waals surface area contributed by atoms with Gasteiger partial charge >= 0.3 is 6.03 Å². The molecule has 0 radical (unpaired) electrons. The first kappa shape index (κ1) is 19.2. The van der Waals surface area contributed by atoms with E-state index < -0.39 is 0 Å². The van der Waals surface area contributed by atoms with Crippen molar-refractivity contribution in [2.45, 2.75) is 57.0 Å². The number of hydrogen-bond acceptors (Lipinski definition) is 3. The molecule has 1 aromatic rings. The molecule has 152 valence electrons. The van der Waals surface area contributed by atoms with Crippen LogP contribution in [-0.2, 0) is 11.2 Å². The normalized spacial score (nSPS) is 25.2. The zero-order valence-corrected chi connectivity index (χ0v) is 16.6. The van der Waals surface area contributed by atoms with Gasteiger partial charge < -0.3 is 20.9 Å². The van der Waals surface area contributed by atoms with Crippen LogP contribution in [0.3, 0.4) is 0 Å². The molecule has 4 rings (SSSR count). The van der Waals surface area contributed by atoms with E-state index >= 15 is 0 Å². The first-order valence-electron chi connectivity index (χ1n) is 10.8. The molecule has 0 bridgehead atoms. The summed E-state index contributed by atoms with van der Waals surface area (Å²) in [6.45, 7) is 2.82. The Bertz CT molecular complexity index is 702. The maximum Gasteiger partial charge on any atom is 0.317 e. The van der Waals surface area contributed by atoms with Crippen LogP contribution in [0.1, 0.15) is 55.7 Å². The van der Waals surface area contributed by atoms with Crippen LogP contribution in [0.5, 0.6) is 0 Å². The second-order valence-electron chi connectivity index (χ2n) is 8.42. The Morgan fingerprint density at radius 2 is 1.93 bits per heavy atom. The van der Waals surface area contributed by atoms with E-state index in [-0.39, 0.29) is 23.9 Å². The molecule has 6 heteroatoms. The molecule has 2 fully saturated rings. The van der Waals surface area contributed by atoms with E-state index in [0.717, 1.165) is 45.2 Å². The highest BCUT2D eigenvalue weighted by molar-refractivity contribution is 5.81. The topological polar surface area (TPSA) is 73.5 Å². The first-order valence-corrected chi connectivity index (χ1v) is 10.8. The number of likely N-dealkylation sites (tertiary alicyclic amines) is 1. The minimum absolute atomic E-state index is 0.00674. The number of urea groups is 1. The maximum atomic E-state index is 12.8. The number of rotatable bonds is 4. The number of benzene rings is 1. The Labute approximate surface area is 167 Å². The number of nitrogens with one attached hydrogen (secondary N) is 3. The van der Waals surface area contributed by atoms with Crippen LogP contribution in [0.2, 0.25) is 0 Å². The Morgan fingerprint density at radius 1 is 1.11 bits per heavy atom. The van der Waals surface area contributed by atoms with Crippen LogP contribution < -0.4 is 16.0 Å². The molecule has 2 unspecified atom stereocenters. The Hall–Kier alpha value is -2.08. The number of carbonyl (C=O) groups excluding carboxylic acids is 2. The van der Waals surface area contributed by atoms with Gasteiger partial charge in [-0.15, -0.1) is 0 Å². The second kappa shape index (κ2) is 8.95. The van der Waals surface area contributed by atoms with Gasteiger partial charge in [0.05, 0.1) is 5.92 Å². The van der Waals surface area contributed by atoms with Crippen molar-refractivity contribution < 1.29 is 9.59 Å². The van der Waals surface area contributed by atoms with Crippen LogP contribution in [0.4, 0.5) is 4.79 Å². The summed E-state index contributed by atoms with van der Waals surface area (Å²) in [7, 11) is 0. The van der Waals surface area contributed by atoms with Crippen molar-refractivity contribution in [2.75, 3.05) is 26.2 Å². The lowest BCUT2D eigenvalue weighted by molar-refractivity contribution is -0.126. The highest BCUT2D eigenvalue weighted by Crippen LogP contribution is 2.23. The highest BCUT2D eigenvalue weighted by atomic mass is 16.2. The van der Waals surface area contributed by atoms with E-state index in [0.29, 0.717) is 19.1 Å². The average Bonchev–Trinajstić information content (AvgIpc) is 3.25. The molecule has 3 amide bonds. The minimum Gasteiger partial charge on any atom is -0.354 e. The average molecular weight is 385 g/mol. The lowest BCUT2D eigenvalue weighted by Crippen LogP contribution is -2.51. The summed E-state index contributed by atoms with van der Waals surface area (Å²) < 4.78 is 0. The molecule has 3 aliphatic rings. The van der Waals surface area contributed by atoms with Crippen LogP contribution in [0.15, 0.2) is 24.3 Å². The van der Waals surface area contributed by atoms with Crippen LogP contribution in [0.25, 0.3) is 0 Å². The summed E-state index contributed by atoms with van der Waals surface area (Å²) in [4.78, 5) is 27.1. The van der Waals surface area contributed by atoms with Gasteiger partial charge in [-0.05, 0) is 49.8 Å². The maximum absolute atomic E-state index is 12.8. The molecular formula is C22H32N4O2. The van der Waals surface area contributed by atoms with E-state index in [9.17, 15) is 9.59 Å². The van der Waals surface area contributed by atoms with E-state index in [2.05, 4.69) is 40.2 Å². The molecule has 1 aliphatic carbocycles. The lowest BCUT2D eigenvalue weighted by atomic mass is 9.93. The van der Waals surface area contributed by atoms with E-state index in [1.807, 2.05) is 4.90 Å². The third-order valence-corrected chi connectivity index (χ3v) is 6.46. The predicted molar refractivity (Wildman–Crippen MR) is 109 cm³/mol. The third kappa shape index (κ3) is 4.49. The number of fused-ring (bicyclic) bond motifs is 1. The number of amides is 3. The van der Waals surface area contributed by atoms with Crippen LogP contribution >= 0.6 is 0 Å². The number of piperidine rings is 1. The van der Waals surface area contributed by atoms with Crippen molar-refractivity contribution in [3.63, 3.8) is 0 Å². The molecule has 2 aliphatic heterocycles. The quantitative estimate of drug-likeness (QED) is 0.746. The zero-order valence-electron chi connectivity index (χ0n) is 16.6. The van der Waals surface area contributed by atoms with Crippen LogP contribution in [-0.4, -0.2) is 49.1 Å². The van der Waals surface area contributed by atoms with Gasteiger partial charge in [-0.1, -0.05) is 37.1 Å². The van der Waals surface area contributed by atoms with Gasteiger partial charge in [0, 0.05) is 31.7 Å². The molecule has 1 saturated heterocycles. The van der Waals surface area contributed by atoms with Crippen LogP contribution in [0, 0.1) is 5.92 Å². The summed E-state index contributed by atoms with van der Waals surface area (Å²) in [6.07, 6.45) is 7.35. The fourth-order valence-electron chi connectivity index (χ4n) is 4.83. The van der Waals surface area contributed by atoms with Crippen molar-refractivity contribution in [1.82, 2.24) is 20.9 Å². The van der Waals surface area contributed by atoms with Gasteiger partial charge in [0.2, 0.25) is 5.91 Å². The van der Waals surface area contributed by atoms with Gasteiger partial charge in [0.25, 0.3) is 0 Å². The molecule has 0 aromatic heterocycles. The molecular weight excluding hydrogens is 352 g/mol. The van der Waals surface area contributed by atoms with E-state index in [4.69, 9.17) is 0 Å². The van der Waals surface area contributed by atoms with Gasteiger partial charge in [0.1, 0.15) is 0 Å². The van der Waals surface area contributed by atoms with Gasteiger partial charge in [0.15, 0.2) is 0 Å². The molecule has 0 spiro atoms. The summed E-state index contributed by atoms with van der Waals surface area (Å²) >= 11 is 0. The molecule has 28 heavy (non-hydrogen) atoms. The van der Waals surface area contributed by atoms with E-state index in [1.165, 1.54) is 24.0 Å². The van der Waals surface area contributed by atoms with Gasteiger partial charge in [-0.3, -0.25) is 4.79 Å². The first-order chi connectivity index (χ1) is 13.7. The number of hydrogen-bond donors (Lipinski definition) is 3. The molecule has 2 atom stereocenters. The molecule has 1 aromatic carbocycles. The van der Waals surface area contributed by atoms with Crippen molar-refractivity contribution in [2.24, 2.45) is 5.92 Å². The highest BCUT2D eigenvalue weighted by Gasteiger charge is 2.30. The number of nitrogens with zero attached hydrogens (tertiary/aromatic N) is 1. The lowest BCUT2D eigenvalue weighted by Gasteiger charge is -2.33. The van der Waals surface area contributed by atoms with Gasteiger partial charge in [-0.25, -0.2) is 4.79 Å². The third-order valence-electron chi connectivity index (χ3n) is 6.46. The monoisotopic (exact) mass is 384 g/mol. The summed E-state index contributed by atoms with van der Waals surface area (Å²) in [5.41, 5.74) is 2.66. The Balaban J connectivity index is 1.28. The smallest absolute Gasteiger partial charge is 0.317 e. The Morgan fingerprint density at radius 3 is 2.79 bits per heavy atom. The summed E-state index contributed by atoms with van der Waals surface area (Å²) in [5, 5.41) is 9.80. The fourth-order valence-corrected chi connectivity index (χ4v) is 4.83. The molecule has 6 nitrogen and oxygen atoms in total. The standard InChI is InChI=1S/C22H32N4O2/c27-21(24-14-20-19-10-4-1-6-16(19)11-12-23-20)17-7-5-13-26(15-17)22(28)25-18-8-2-3-9-18/h1,4,6,10,17-18,20,23H,2-3,5,7-9,11-15H2,(H,24,27)(H,25,28). The molecule has 1 saturated carbocycles. The largest absolute Gasteiger partial charge is 0.354 e. The molecule has 3 N–H and O–H groups in total. The summed E-state index contributed by atoms with van der Waals surface area (Å²) in [5.74, 6) is -0.0369. The van der Waals surface area contributed by atoms with Crippen molar-refractivity contribution >= 4 is 11.9 Å².